The van der Waals surface area contributed by atoms with Gasteiger partial charge in [0, 0.05) is 11.8 Å². The maximum absolute atomic E-state index is 12.7. The Morgan fingerprint density at radius 1 is 1.33 bits per heavy atom. The molecule has 0 saturated heterocycles. The molecule has 2 fully saturated rings. The Balaban J connectivity index is 2.01. The molecule has 0 aromatic heterocycles. The van der Waals surface area contributed by atoms with Gasteiger partial charge >= 0.3 is 5.97 Å². The van der Waals surface area contributed by atoms with E-state index in [4.69, 9.17) is 5.11 Å². The molecule has 2 nitrogen and oxygen atoms in total. The van der Waals surface area contributed by atoms with Crippen LogP contribution in [0.15, 0.2) is 0 Å². The van der Waals surface area contributed by atoms with Crippen molar-refractivity contribution in [2.45, 2.75) is 25.2 Å². The molecule has 12 heavy (non-hydrogen) atoms. The fourth-order valence-electron chi connectivity index (χ4n) is 2.21. The van der Waals surface area contributed by atoms with Crippen molar-refractivity contribution < 1.29 is 18.7 Å². The molecule has 2 saturated carbocycles. The van der Waals surface area contributed by atoms with E-state index >= 15 is 0 Å². The number of fused-ring (bicyclic) bond motifs is 1. The zero-order valence-corrected chi connectivity index (χ0v) is 6.46. The van der Waals surface area contributed by atoms with Gasteiger partial charge in [0.05, 0.1) is 5.92 Å². The van der Waals surface area contributed by atoms with Crippen molar-refractivity contribution in [3.05, 3.63) is 0 Å². The molecule has 2 aliphatic rings. The van der Waals surface area contributed by atoms with E-state index in [9.17, 15) is 13.6 Å². The van der Waals surface area contributed by atoms with Gasteiger partial charge in [-0.25, -0.2) is 8.78 Å². The van der Waals surface area contributed by atoms with Crippen LogP contribution in [0, 0.1) is 17.8 Å². The summed E-state index contributed by atoms with van der Waals surface area (Å²) >= 11 is 0. The first-order valence-corrected chi connectivity index (χ1v) is 4.14. The minimum Gasteiger partial charge on any atom is -0.481 e. The maximum atomic E-state index is 12.7. The topological polar surface area (TPSA) is 37.3 Å². The molecule has 0 heterocycles. The second-order valence-electron chi connectivity index (χ2n) is 3.74. The van der Waals surface area contributed by atoms with Crippen LogP contribution >= 0.6 is 0 Å². The van der Waals surface area contributed by atoms with E-state index < -0.39 is 29.6 Å². The Kier molecular flexibility index (Phi) is 1.44. The number of rotatable bonds is 1. The lowest BCUT2D eigenvalue weighted by Crippen LogP contribution is -2.18. The zero-order chi connectivity index (χ0) is 8.93. The number of halogens is 2. The Morgan fingerprint density at radius 2 is 2.00 bits per heavy atom. The van der Waals surface area contributed by atoms with E-state index in [1.54, 1.807) is 0 Å². The maximum Gasteiger partial charge on any atom is 0.306 e. The van der Waals surface area contributed by atoms with Crippen molar-refractivity contribution in [1.29, 1.82) is 0 Å². The highest BCUT2D eigenvalue weighted by atomic mass is 19.3. The highest BCUT2D eigenvalue weighted by Gasteiger charge is 2.69. The number of aliphatic carboxylic acids is 1. The fourth-order valence-corrected chi connectivity index (χ4v) is 2.21. The molecule has 0 radical (unpaired) electrons. The standard InChI is InChI=1S/C8H10F2O2/c9-8(10)5-2-1-4(7(11)12)3-6(5)8/h4-6H,1-3H2,(H,11,12)/t4-,5+,6-/m1/s1. The van der Waals surface area contributed by atoms with Crippen LogP contribution in [-0.2, 0) is 4.79 Å². The van der Waals surface area contributed by atoms with Gasteiger partial charge in [-0.05, 0) is 19.3 Å². The number of carboxylic acid groups (broad SMARTS) is 1. The molecule has 0 aromatic rings. The summed E-state index contributed by atoms with van der Waals surface area (Å²) in [5.41, 5.74) is 0. The van der Waals surface area contributed by atoms with Crippen LogP contribution in [0.3, 0.4) is 0 Å². The van der Waals surface area contributed by atoms with E-state index in [-0.39, 0.29) is 6.42 Å². The van der Waals surface area contributed by atoms with Gasteiger partial charge in [-0.3, -0.25) is 4.79 Å². The van der Waals surface area contributed by atoms with Crippen LogP contribution < -0.4 is 0 Å². The van der Waals surface area contributed by atoms with Crippen molar-refractivity contribution in [2.24, 2.45) is 17.8 Å². The molecule has 3 atom stereocenters. The van der Waals surface area contributed by atoms with Crippen molar-refractivity contribution in [1.82, 2.24) is 0 Å². The summed E-state index contributed by atoms with van der Waals surface area (Å²) in [6.07, 6.45) is 0.980. The summed E-state index contributed by atoms with van der Waals surface area (Å²) in [5.74, 6) is -5.14. The Labute approximate surface area is 68.6 Å². The van der Waals surface area contributed by atoms with Gasteiger partial charge in [0.15, 0.2) is 0 Å². The minimum absolute atomic E-state index is 0.174. The molecule has 2 rings (SSSR count). The minimum atomic E-state index is -2.55. The molecule has 0 amide bonds. The number of carboxylic acids is 1. The van der Waals surface area contributed by atoms with Gasteiger partial charge in [-0.1, -0.05) is 0 Å². The van der Waals surface area contributed by atoms with E-state index in [1.807, 2.05) is 0 Å². The fraction of sp³-hybridized carbons (Fsp3) is 0.875. The lowest BCUT2D eigenvalue weighted by Gasteiger charge is -2.14. The molecule has 0 spiro atoms. The summed E-state index contributed by atoms with van der Waals surface area (Å²) < 4.78 is 25.5. The Morgan fingerprint density at radius 3 is 2.50 bits per heavy atom. The summed E-state index contributed by atoms with van der Waals surface area (Å²) in [6.45, 7) is 0. The Hall–Kier alpha value is -0.670. The first-order valence-electron chi connectivity index (χ1n) is 4.14. The van der Waals surface area contributed by atoms with Crippen LogP contribution in [0.2, 0.25) is 0 Å². The normalized spacial score (nSPS) is 43.3. The third kappa shape index (κ3) is 0.934. The highest BCUT2D eigenvalue weighted by molar-refractivity contribution is 5.70. The third-order valence-corrected chi connectivity index (χ3v) is 3.08. The van der Waals surface area contributed by atoms with Crippen molar-refractivity contribution >= 4 is 5.97 Å². The van der Waals surface area contributed by atoms with E-state index in [2.05, 4.69) is 0 Å². The highest BCUT2D eigenvalue weighted by Crippen LogP contribution is 2.63. The predicted octanol–water partition coefficient (Wildman–Crippen LogP) is 1.75. The third-order valence-electron chi connectivity index (χ3n) is 3.08. The van der Waals surface area contributed by atoms with Crippen LogP contribution in [0.4, 0.5) is 8.78 Å². The van der Waals surface area contributed by atoms with Crippen LogP contribution in [-0.4, -0.2) is 17.0 Å². The van der Waals surface area contributed by atoms with E-state index in [0.29, 0.717) is 12.8 Å². The summed E-state index contributed by atoms with van der Waals surface area (Å²) in [4.78, 5) is 10.5. The zero-order valence-electron chi connectivity index (χ0n) is 6.46. The molecule has 0 unspecified atom stereocenters. The quantitative estimate of drug-likeness (QED) is 0.660. The van der Waals surface area contributed by atoms with Gasteiger partial charge < -0.3 is 5.11 Å². The van der Waals surface area contributed by atoms with Crippen LogP contribution in [0.25, 0.3) is 0 Å². The van der Waals surface area contributed by atoms with Gasteiger partial charge in [-0.2, -0.15) is 0 Å². The van der Waals surface area contributed by atoms with Gasteiger partial charge in [-0.15, -0.1) is 0 Å². The van der Waals surface area contributed by atoms with E-state index in [0.717, 1.165) is 0 Å². The molecular weight excluding hydrogens is 166 g/mol. The molecule has 2 aliphatic carbocycles. The number of carbonyl (C=O) groups is 1. The Bertz CT molecular complexity index is 227. The van der Waals surface area contributed by atoms with Gasteiger partial charge in [0.25, 0.3) is 5.92 Å². The SMILES string of the molecule is O=C(O)[C@@H]1CC[C@H]2[C@@H](C1)C2(F)F. The van der Waals surface area contributed by atoms with Crippen molar-refractivity contribution in [2.75, 3.05) is 0 Å². The molecule has 68 valence electrons. The molecular formula is C8H10F2O2. The number of hydrogen-bond donors (Lipinski definition) is 1. The molecule has 4 heteroatoms. The predicted molar refractivity (Wildman–Crippen MR) is 36.9 cm³/mol. The van der Waals surface area contributed by atoms with Crippen molar-refractivity contribution in [3.63, 3.8) is 0 Å². The van der Waals surface area contributed by atoms with Crippen molar-refractivity contribution in [3.8, 4) is 0 Å². The molecule has 0 bridgehead atoms. The molecule has 1 N–H and O–H groups in total. The van der Waals surface area contributed by atoms with Crippen LogP contribution in [0.5, 0.6) is 0 Å². The summed E-state index contributed by atoms with van der Waals surface area (Å²) in [7, 11) is 0. The largest absolute Gasteiger partial charge is 0.481 e. The lowest BCUT2D eigenvalue weighted by molar-refractivity contribution is -0.142. The smallest absolute Gasteiger partial charge is 0.306 e. The van der Waals surface area contributed by atoms with Gasteiger partial charge in [0.1, 0.15) is 0 Å². The number of alkyl halides is 2. The molecule has 0 aromatic carbocycles. The average Bonchev–Trinajstić information content (AvgIpc) is 2.55. The summed E-state index contributed by atoms with van der Waals surface area (Å²) in [6, 6.07) is 0. The monoisotopic (exact) mass is 176 g/mol. The average molecular weight is 176 g/mol. The molecule has 0 aliphatic heterocycles. The number of hydrogen-bond acceptors (Lipinski definition) is 1. The van der Waals surface area contributed by atoms with Gasteiger partial charge in [0.2, 0.25) is 0 Å². The lowest BCUT2D eigenvalue weighted by atomic mass is 9.89. The second kappa shape index (κ2) is 2.18. The first kappa shape index (κ1) is 7.95. The van der Waals surface area contributed by atoms with Crippen LogP contribution in [0.1, 0.15) is 19.3 Å². The van der Waals surface area contributed by atoms with E-state index in [1.165, 1.54) is 0 Å². The first-order chi connectivity index (χ1) is 5.53. The summed E-state index contributed by atoms with van der Waals surface area (Å²) in [5, 5.41) is 8.60. The second-order valence-corrected chi connectivity index (χ2v) is 3.74.